The highest BCUT2D eigenvalue weighted by atomic mass is 15.4. The Hall–Kier alpha value is -1.89. The van der Waals surface area contributed by atoms with E-state index in [0.717, 1.165) is 31.6 Å². The van der Waals surface area contributed by atoms with Gasteiger partial charge in [-0.15, -0.1) is 5.10 Å². The van der Waals surface area contributed by atoms with Crippen LogP contribution in [0.2, 0.25) is 0 Å². The van der Waals surface area contributed by atoms with E-state index in [1.54, 1.807) is 6.33 Å². The molecule has 2 aromatic rings. The molecule has 7 nitrogen and oxygen atoms in total. The van der Waals surface area contributed by atoms with Crippen LogP contribution in [0.3, 0.4) is 0 Å². The third kappa shape index (κ3) is 2.08. The standard InChI is InChI=1S/C11H17N7/c1-17-6-9(13-7-17)10-14-11(16-15-10)18-4-2-3-8(12)5-18/h6-8H,2-5,12H2,1H3,(H,14,15,16). The quantitative estimate of drug-likeness (QED) is 0.787. The minimum absolute atomic E-state index is 0.218. The van der Waals surface area contributed by atoms with Crippen molar-refractivity contribution in [1.82, 2.24) is 24.7 Å². The van der Waals surface area contributed by atoms with Crippen molar-refractivity contribution in [2.45, 2.75) is 18.9 Å². The lowest BCUT2D eigenvalue weighted by atomic mass is 10.1. The van der Waals surface area contributed by atoms with Crippen molar-refractivity contribution >= 4 is 5.95 Å². The van der Waals surface area contributed by atoms with Crippen molar-refractivity contribution in [3.05, 3.63) is 12.5 Å². The zero-order valence-corrected chi connectivity index (χ0v) is 10.4. The summed E-state index contributed by atoms with van der Waals surface area (Å²) in [5.74, 6) is 1.41. The van der Waals surface area contributed by atoms with Crippen LogP contribution in [0.15, 0.2) is 12.5 Å². The lowest BCUT2D eigenvalue weighted by Gasteiger charge is -2.29. The summed E-state index contributed by atoms with van der Waals surface area (Å²) in [7, 11) is 1.93. The van der Waals surface area contributed by atoms with E-state index in [2.05, 4.69) is 25.1 Å². The predicted molar refractivity (Wildman–Crippen MR) is 68.0 cm³/mol. The largest absolute Gasteiger partial charge is 0.340 e. The van der Waals surface area contributed by atoms with Gasteiger partial charge < -0.3 is 15.2 Å². The van der Waals surface area contributed by atoms with Crippen LogP contribution in [-0.2, 0) is 7.05 Å². The predicted octanol–water partition coefficient (Wildman–Crippen LogP) is 0.133. The van der Waals surface area contributed by atoms with Crippen LogP contribution in [0.4, 0.5) is 5.95 Å². The van der Waals surface area contributed by atoms with Gasteiger partial charge in [0.05, 0.1) is 6.33 Å². The smallest absolute Gasteiger partial charge is 0.245 e. The van der Waals surface area contributed by atoms with Gasteiger partial charge in [-0.2, -0.15) is 4.98 Å². The lowest BCUT2D eigenvalue weighted by molar-refractivity contribution is 0.500. The van der Waals surface area contributed by atoms with E-state index >= 15 is 0 Å². The van der Waals surface area contributed by atoms with E-state index in [1.807, 2.05) is 17.8 Å². The van der Waals surface area contributed by atoms with Crippen LogP contribution in [0.25, 0.3) is 11.5 Å². The summed E-state index contributed by atoms with van der Waals surface area (Å²) in [5.41, 5.74) is 6.76. The fourth-order valence-electron chi connectivity index (χ4n) is 2.24. The van der Waals surface area contributed by atoms with Crippen molar-refractivity contribution in [1.29, 1.82) is 0 Å². The molecule has 96 valence electrons. The van der Waals surface area contributed by atoms with Crippen LogP contribution in [0.5, 0.6) is 0 Å². The molecule has 7 heteroatoms. The van der Waals surface area contributed by atoms with Gasteiger partial charge in [-0.25, -0.2) is 4.98 Å². The number of nitrogens with zero attached hydrogens (tertiary/aromatic N) is 5. The number of H-pyrrole nitrogens is 1. The molecule has 3 rings (SSSR count). The fraction of sp³-hybridized carbons (Fsp3) is 0.545. The second-order valence-electron chi connectivity index (χ2n) is 4.76. The van der Waals surface area contributed by atoms with Gasteiger partial charge in [-0.3, -0.25) is 5.10 Å². The molecule has 1 saturated heterocycles. The van der Waals surface area contributed by atoms with Crippen molar-refractivity contribution < 1.29 is 0 Å². The third-order valence-electron chi connectivity index (χ3n) is 3.16. The minimum Gasteiger partial charge on any atom is -0.340 e. The van der Waals surface area contributed by atoms with Crippen LogP contribution in [0.1, 0.15) is 12.8 Å². The van der Waals surface area contributed by atoms with Crippen LogP contribution in [-0.4, -0.2) is 43.9 Å². The number of imidazole rings is 1. The Morgan fingerprint density at radius 3 is 3.11 bits per heavy atom. The van der Waals surface area contributed by atoms with E-state index in [9.17, 15) is 0 Å². The summed E-state index contributed by atoms with van der Waals surface area (Å²) in [5, 5.41) is 7.17. The maximum Gasteiger partial charge on any atom is 0.245 e. The van der Waals surface area contributed by atoms with Gasteiger partial charge in [-0.1, -0.05) is 0 Å². The summed E-state index contributed by atoms with van der Waals surface area (Å²) < 4.78 is 1.88. The number of nitrogens with two attached hydrogens (primary N) is 1. The average Bonchev–Trinajstić information content (AvgIpc) is 2.97. The highest BCUT2D eigenvalue weighted by molar-refractivity contribution is 5.50. The minimum atomic E-state index is 0.218. The maximum absolute atomic E-state index is 5.96. The van der Waals surface area contributed by atoms with Crippen LogP contribution < -0.4 is 10.6 Å². The normalized spacial score (nSPS) is 20.3. The molecule has 18 heavy (non-hydrogen) atoms. The summed E-state index contributed by atoms with van der Waals surface area (Å²) in [4.78, 5) is 10.8. The molecule has 1 fully saturated rings. The molecule has 0 aliphatic carbocycles. The van der Waals surface area contributed by atoms with Gasteiger partial charge >= 0.3 is 0 Å². The van der Waals surface area contributed by atoms with Crippen molar-refractivity contribution in [2.24, 2.45) is 12.8 Å². The van der Waals surface area contributed by atoms with Crippen molar-refractivity contribution in [3.8, 4) is 11.5 Å². The van der Waals surface area contributed by atoms with E-state index in [1.165, 1.54) is 0 Å². The van der Waals surface area contributed by atoms with E-state index in [0.29, 0.717) is 11.8 Å². The first-order valence-corrected chi connectivity index (χ1v) is 6.13. The number of nitrogens with one attached hydrogen (secondary N) is 1. The van der Waals surface area contributed by atoms with Crippen LogP contribution >= 0.6 is 0 Å². The Labute approximate surface area is 105 Å². The second-order valence-corrected chi connectivity index (χ2v) is 4.76. The third-order valence-corrected chi connectivity index (χ3v) is 3.16. The molecular weight excluding hydrogens is 230 g/mol. The van der Waals surface area contributed by atoms with Gasteiger partial charge in [-0.05, 0) is 12.8 Å². The number of rotatable bonds is 2. The molecule has 0 radical (unpaired) electrons. The zero-order chi connectivity index (χ0) is 12.5. The lowest BCUT2D eigenvalue weighted by Crippen LogP contribution is -2.43. The fourth-order valence-corrected chi connectivity index (χ4v) is 2.24. The van der Waals surface area contributed by atoms with Gasteiger partial charge in [0.2, 0.25) is 5.95 Å². The summed E-state index contributed by atoms with van der Waals surface area (Å²) in [6, 6.07) is 0.218. The average molecular weight is 247 g/mol. The van der Waals surface area contributed by atoms with Crippen molar-refractivity contribution in [3.63, 3.8) is 0 Å². The molecular formula is C11H17N7. The number of anilines is 1. The van der Waals surface area contributed by atoms with Gasteiger partial charge in [0.1, 0.15) is 5.69 Å². The van der Waals surface area contributed by atoms with Crippen molar-refractivity contribution in [2.75, 3.05) is 18.0 Å². The summed E-state index contributed by atoms with van der Waals surface area (Å²) >= 11 is 0. The van der Waals surface area contributed by atoms with Crippen LogP contribution in [0, 0.1) is 0 Å². The molecule has 1 atom stereocenters. The van der Waals surface area contributed by atoms with E-state index in [-0.39, 0.29) is 6.04 Å². The van der Waals surface area contributed by atoms with Gasteiger partial charge in [0, 0.05) is 32.4 Å². The Morgan fingerprint density at radius 1 is 1.50 bits per heavy atom. The Balaban J connectivity index is 1.80. The molecule has 0 saturated carbocycles. The number of aryl methyl sites for hydroxylation is 1. The number of aromatic amines is 1. The Bertz CT molecular complexity index is 529. The van der Waals surface area contributed by atoms with E-state index < -0.39 is 0 Å². The highest BCUT2D eigenvalue weighted by Crippen LogP contribution is 2.18. The zero-order valence-electron chi connectivity index (χ0n) is 10.4. The summed E-state index contributed by atoms with van der Waals surface area (Å²) in [6.07, 6.45) is 5.82. The number of hydrogen-bond donors (Lipinski definition) is 2. The first-order valence-electron chi connectivity index (χ1n) is 6.13. The first kappa shape index (κ1) is 11.2. The molecule has 3 heterocycles. The molecule has 0 bridgehead atoms. The van der Waals surface area contributed by atoms with E-state index in [4.69, 9.17) is 5.73 Å². The highest BCUT2D eigenvalue weighted by Gasteiger charge is 2.20. The number of hydrogen-bond acceptors (Lipinski definition) is 5. The van der Waals surface area contributed by atoms with Gasteiger partial charge in [0.15, 0.2) is 5.82 Å². The summed E-state index contributed by atoms with van der Waals surface area (Å²) in [6.45, 7) is 1.78. The molecule has 0 aromatic carbocycles. The second kappa shape index (κ2) is 4.41. The number of aromatic nitrogens is 5. The van der Waals surface area contributed by atoms with Gasteiger partial charge in [0.25, 0.3) is 0 Å². The number of piperidine rings is 1. The molecule has 1 aliphatic rings. The molecule has 3 N–H and O–H groups in total. The SMILES string of the molecule is Cn1cnc(-c2nc(N3CCCC(N)C3)n[nH]2)c1. The Morgan fingerprint density at radius 2 is 2.39 bits per heavy atom. The monoisotopic (exact) mass is 247 g/mol. The maximum atomic E-state index is 5.96. The molecule has 0 spiro atoms. The first-order chi connectivity index (χ1) is 8.72. The molecule has 1 unspecified atom stereocenters. The topological polar surface area (TPSA) is 88.7 Å². The molecule has 2 aromatic heterocycles. The molecule has 0 amide bonds. The Kier molecular flexibility index (Phi) is 2.75. The molecule has 1 aliphatic heterocycles.